The lowest BCUT2D eigenvalue weighted by molar-refractivity contribution is 0.0521. The second-order valence-corrected chi connectivity index (χ2v) is 6.71. The lowest BCUT2D eigenvalue weighted by Crippen LogP contribution is -2.40. The number of fused-ring (bicyclic) bond motifs is 1. The van der Waals surface area contributed by atoms with Crippen molar-refractivity contribution in [3.8, 4) is 0 Å². The first-order valence-electron chi connectivity index (χ1n) is 7.88. The predicted octanol–water partition coefficient (Wildman–Crippen LogP) is 2.03. The van der Waals surface area contributed by atoms with Crippen LogP contribution in [0.4, 0.5) is 4.79 Å². The number of alkyl carbamates (subject to hydrolysis) is 1. The number of hydrogen-bond donors (Lipinski definition) is 2. The van der Waals surface area contributed by atoms with E-state index in [1.807, 2.05) is 20.8 Å². The fourth-order valence-corrected chi connectivity index (χ4v) is 2.76. The number of amides is 1. The van der Waals surface area contributed by atoms with E-state index in [1.54, 1.807) is 0 Å². The fraction of sp³-hybridized carbons (Fsp3) is 0.588. The zero-order valence-electron chi connectivity index (χ0n) is 13.8. The molecule has 2 rings (SSSR count). The number of nitrogens with zero attached hydrogens (tertiary/aromatic N) is 1. The average Bonchev–Trinajstić information content (AvgIpc) is 2.44. The molecule has 1 aromatic rings. The molecule has 5 heteroatoms. The zero-order chi connectivity index (χ0) is 16.2. The molecule has 1 amide bonds. The number of carbonyl (C=O) groups excluding carboxylic acids is 1. The highest BCUT2D eigenvalue weighted by atomic mass is 16.6. The summed E-state index contributed by atoms with van der Waals surface area (Å²) in [5.74, 6) is 0. The Labute approximate surface area is 132 Å². The number of rotatable bonds is 4. The summed E-state index contributed by atoms with van der Waals surface area (Å²) in [5, 5.41) is 2.81. The number of hydrogen-bond acceptors (Lipinski definition) is 4. The van der Waals surface area contributed by atoms with E-state index in [-0.39, 0.29) is 6.09 Å². The first kappa shape index (κ1) is 16.8. The molecule has 1 heterocycles. The van der Waals surface area contributed by atoms with Gasteiger partial charge in [-0.3, -0.25) is 4.90 Å². The van der Waals surface area contributed by atoms with Gasteiger partial charge in [0.25, 0.3) is 0 Å². The lowest BCUT2D eigenvalue weighted by atomic mass is 9.94. The van der Waals surface area contributed by atoms with E-state index in [1.165, 1.54) is 16.7 Å². The number of ether oxygens (including phenoxy) is 1. The Morgan fingerprint density at radius 3 is 2.86 bits per heavy atom. The van der Waals surface area contributed by atoms with Gasteiger partial charge in [-0.25, -0.2) is 4.79 Å². The van der Waals surface area contributed by atoms with Gasteiger partial charge in [-0.15, -0.1) is 0 Å². The van der Waals surface area contributed by atoms with Gasteiger partial charge in [0.2, 0.25) is 0 Å². The van der Waals surface area contributed by atoms with Crippen molar-refractivity contribution in [3.05, 3.63) is 34.9 Å². The molecule has 122 valence electrons. The van der Waals surface area contributed by atoms with Crippen molar-refractivity contribution < 1.29 is 9.53 Å². The third-order valence-corrected chi connectivity index (χ3v) is 3.76. The molecule has 0 fully saturated rings. The molecule has 5 nitrogen and oxygen atoms in total. The molecule has 0 aromatic heterocycles. The molecule has 0 unspecified atom stereocenters. The van der Waals surface area contributed by atoms with Gasteiger partial charge in [0, 0.05) is 32.7 Å². The van der Waals surface area contributed by atoms with Crippen molar-refractivity contribution in [1.82, 2.24) is 10.2 Å². The molecule has 1 aliphatic rings. The molecule has 3 N–H and O–H groups in total. The van der Waals surface area contributed by atoms with Crippen molar-refractivity contribution >= 4 is 6.09 Å². The van der Waals surface area contributed by atoms with Crippen LogP contribution in [0.15, 0.2) is 18.2 Å². The first-order chi connectivity index (χ1) is 10.4. The van der Waals surface area contributed by atoms with E-state index in [4.69, 9.17) is 10.5 Å². The highest BCUT2D eigenvalue weighted by Gasteiger charge is 2.19. The molecule has 0 bridgehead atoms. The van der Waals surface area contributed by atoms with Crippen LogP contribution in [0, 0.1) is 0 Å². The van der Waals surface area contributed by atoms with Crippen molar-refractivity contribution in [2.45, 2.75) is 45.9 Å². The number of nitrogens with two attached hydrogens (primary N) is 1. The van der Waals surface area contributed by atoms with Gasteiger partial charge in [-0.2, -0.15) is 0 Å². The predicted molar refractivity (Wildman–Crippen MR) is 87.6 cm³/mol. The van der Waals surface area contributed by atoms with Crippen LogP contribution in [0.2, 0.25) is 0 Å². The van der Waals surface area contributed by atoms with Crippen LogP contribution < -0.4 is 11.1 Å². The third-order valence-electron chi connectivity index (χ3n) is 3.76. The van der Waals surface area contributed by atoms with Gasteiger partial charge in [-0.05, 0) is 43.9 Å². The summed E-state index contributed by atoms with van der Waals surface area (Å²) in [4.78, 5) is 14.0. The highest BCUT2D eigenvalue weighted by molar-refractivity contribution is 5.67. The Bertz CT molecular complexity index is 523. The van der Waals surface area contributed by atoms with Gasteiger partial charge < -0.3 is 15.8 Å². The molecule has 0 spiro atoms. The summed E-state index contributed by atoms with van der Waals surface area (Å²) >= 11 is 0. The maximum atomic E-state index is 11.6. The second kappa shape index (κ2) is 7.11. The zero-order valence-corrected chi connectivity index (χ0v) is 13.8. The summed E-state index contributed by atoms with van der Waals surface area (Å²) in [6.45, 7) is 9.53. The van der Waals surface area contributed by atoms with Gasteiger partial charge in [-0.1, -0.05) is 18.2 Å². The summed E-state index contributed by atoms with van der Waals surface area (Å²) in [5.41, 5.74) is 9.36. The van der Waals surface area contributed by atoms with Gasteiger partial charge in [0.1, 0.15) is 5.60 Å². The Balaban J connectivity index is 1.80. The maximum absolute atomic E-state index is 11.6. The topological polar surface area (TPSA) is 67.6 Å². The van der Waals surface area contributed by atoms with Crippen molar-refractivity contribution in [1.29, 1.82) is 0 Å². The smallest absolute Gasteiger partial charge is 0.407 e. The third kappa shape index (κ3) is 4.71. The van der Waals surface area contributed by atoms with Crippen LogP contribution in [-0.4, -0.2) is 36.2 Å². The second-order valence-electron chi connectivity index (χ2n) is 6.71. The summed E-state index contributed by atoms with van der Waals surface area (Å²) in [6, 6.07) is 6.35. The Morgan fingerprint density at radius 1 is 1.41 bits per heavy atom. The average molecular weight is 305 g/mol. The Morgan fingerprint density at radius 2 is 2.18 bits per heavy atom. The van der Waals surface area contributed by atoms with Gasteiger partial charge in [0.15, 0.2) is 0 Å². The van der Waals surface area contributed by atoms with Crippen LogP contribution in [0.5, 0.6) is 0 Å². The number of nitrogens with one attached hydrogen (secondary N) is 1. The minimum Gasteiger partial charge on any atom is -0.444 e. The molecule has 0 radical (unpaired) electrons. The molecule has 0 saturated heterocycles. The number of benzene rings is 1. The van der Waals surface area contributed by atoms with Gasteiger partial charge >= 0.3 is 6.09 Å². The first-order valence-corrected chi connectivity index (χ1v) is 7.88. The highest BCUT2D eigenvalue weighted by Crippen LogP contribution is 2.22. The minimum atomic E-state index is -0.452. The lowest BCUT2D eigenvalue weighted by Gasteiger charge is -2.30. The van der Waals surface area contributed by atoms with E-state index in [0.717, 1.165) is 26.1 Å². The fourth-order valence-electron chi connectivity index (χ4n) is 2.76. The largest absolute Gasteiger partial charge is 0.444 e. The van der Waals surface area contributed by atoms with Crippen molar-refractivity contribution in [3.63, 3.8) is 0 Å². The Hall–Kier alpha value is -1.59. The van der Waals surface area contributed by atoms with E-state index in [2.05, 4.69) is 28.4 Å². The quantitative estimate of drug-likeness (QED) is 0.893. The summed E-state index contributed by atoms with van der Waals surface area (Å²) in [7, 11) is 0. The summed E-state index contributed by atoms with van der Waals surface area (Å²) < 4.78 is 5.23. The molecule has 1 aliphatic heterocycles. The van der Waals surface area contributed by atoms with E-state index in [0.29, 0.717) is 13.1 Å². The van der Waals surface area contributed by atoms with Crippen molar-refractivity contribution in [2.24, 2.45) is 5.73 Å². The van der Waals surface area contributed by atoms with Crippen LogP contribution >= 0.6 is 0 Å². The van der Waals surface area contributed by atoms with E-state index < -0.39 is 5.60 Å². The molecular weight excluding hydrogens is 278 g/mol. The van der Waals surface area contributed by atoms with Crippen LogP contribution in [0.25, 0.3) is 0 Å². The standard InChI is InChI=1S/C17H27N3O2/c1-17(2,3)22-16(21)19-8-10-20-9-7-15-13(11-18)5-4-6-14(15)12-20/h4-6H,7-12,18H2,1-3H3,(H,19,21). The van der Waals surface area contributed by atoms with Crippen LogP contribution in [0.3, 0.4) is 0 Å². The molecule has 1 aromatic carbocycles. The van der Waals surface area contributed by atoms with Crippen LogP contribution in [0.1, 0.15) is 37.5 Å². The molecular formula is C17H27N3O2. The van der Waals surface area contributed by atoms with E-state index in [9.17, 15) is 4.79 Å². The number of carbonyl (C=O) groups is 1. The van der Waals surface area contributed by atoms with Crippen molar-refractivity contribution in [2.75, 3.05) is 19.6 Å². The molecule has 0 atom stereocenters. The van der Waals surface area contributed by atoms with Gasteiger partial charge in [0.05, 0.1) is 0 Å². The molecule has 0 saturated carbocycles. The monoisotopic (exact) mass is 305 g/mol. The molecule has 0 aliphatic carbocycles. The SMILES string of the molecule is CC(C)(C)OC(=O)NCCN1CCc2c(CN)cccc2C1. The Kier molecular flexibility index (Phi) is 5.42. The summed E-state index contributed by atoms with van der Waals surface area (Å²) in [6.07, 6.45) is 0.671. The van der Waals surface area contributed by atoms with E-state index >= 15 is 0 Å². The normalized spacial score (nSPS) is 15.3. The molecule has 22 heavy (non-hydrogen) atoms. The minimum absolute atomic E-state index is 0.352. The maximum Gasteiger partial charge on any atom is 0.407 e. The van der Waals surface area contributed by atoms with Crippen LogP contribution in [-0.2, 0) is 24.2 Å².